The van der Waals surface area contributed by atoms with Gasteiger partial charge in [-0.1, -0.05) is 0 Å². The summed E-state index contributed by atoms with van der Waals surface area (Å²) < 4.78 is 5.52. The van der Waals surface area contributed by atoms with Gasteiger partial charge in [-0.25, -0.2) is 0 Å². The van der Waals surface area contributed by atoms with Gasteiger partial charge in [0.2, 0.25) is 0 Å². The number of nitrogens with one attached hydrogen (secondary N) is 1. The second-order valence-electron chi connectivity index (χ2n) is 6.10. The Kier molecular flexibility index (Phi) is 5.56. The van der Waals surface area contributed by atoms with Crippen LogP contribution in [0.2, 0.25) is 0 Å². The average Bonchev–Trinajstić information content (AvgIpc) is 2.66. The fraction of sp³-hybridized carbons (Fsp3) is 0.143. The molecule has 6 heteroatoms. The Balaban J connectivity index is 1.72. The SMILES string of the molecule is CCOc1cc(N=Nc2ccc(Nc3ccc(N)cc3)cc2)c(C)cc1N. The van der Waals surface area contributed by atoms with Crippen molar-refractivity contribution in [1.29, 1.82) is 0 Å². The monoisotopic (exact) mass is 361 g/mol. The summed E-state index contributed by atoms with van der Waals surface area (Å²) in [4.78, 5) is 0. The third-order valence-corrected chi connectivity index (χ3v) is 3.97. The van der Waals surface area contributed by atoms with E-state index >= 15 is 0 Å². The number of nitrogens with two attached hydrogens (primary N) is 2. The predicted octanol–water partition coefficient (Wildman–Crippen LogP) is 5.72. The van der Waals surface area contributed by atoms with Crippen molar-refractivity contribution in [2.75, 3.05) is 23.4 Å². The molecule has 138 valence electrons. The third kappa shape index (κ3) is 4.76. The zero-order valence-electron chi connectivity index (χ0n) is 15.4. The fourth-order valence-electron chi connectivity index (χ4n) is 2.54. The van der Waals surface area contributed by atoms with Crippen LogP contribution in [-0.2, 0) is 0 Å². The first-order valence-corrected chi connectivity index (χ1v) is 8.72. The highest BCUT2D eigenvalue weighted by Gasteiger charge is 2.06. The van der Waals surface area contributed by atoms with Crippen LogP contribution in [0.25, 0.3) is 0 Å². The van der Waals surface area contributed by atoms with Crippen molar-refractivity contribution >= 4 is 34.1 Å². The highest BCUT2D eigenvalue weighted by atomic mass is 16.5. The number of benzene rings is 3. The van der Waals surface area contributed by atoms with Gasteiger partial charge in [0.1, 0.15) is 5.75 Å². The third-order valence-electron chi connectivity index (χ3n) is 3.97. The van der Waals surface area contributed by atoms with Gasteiger partial charge in [-0.05, 0) is 74.0 Å². The zero-order valence-corrected chi connectivity index (χ0v) is 15.4. The normalized spacial score (nSPS) is 10.9. The van der Waals surface area contributed by atoms with Crippen LogP contribution in [0.15, 0.2) is 70.9 Å². The van der Waals surface area contributed by atoms with Crippen LogP contribution in [0.1, 0.15) is 12.5 Å². The molecule has 0 aliphatic rings. The Bertz CT molecular complexity index is 934. The summed E-state index contributed by atoms with van der Waals surface area (Å²) in [5.74, 6) is 0.625. The first-order chi connectivity index (χ1) is 13.0. The van der Waals surface area contributed by atoms with Crippen molar-refractivity contribution in [3.63, 3.8) is 0 Å². The van der Waals surface area contributed by atoms with Crippen LogP contribution < -0.4 is 21.5 Å². The lowest BCUT2D eigenvalue weighted by Crippen LogP contribution is -1.97. The van der Waals surface area contributed by atoms with Crippen molar-refractivity contribution in [1.82, 2.24) is 0 Å². The van der Waals surface area contributed by atoms with E-state index in [9.17, 15) is 0 Å². The molecule has 0 aromatic heterocycles. The van der Waals surface area contributed by atoms with Crippen molar-refractivity contribution in [3.05, 3.63) is 66.2 Å². The second-order valence-corrected chi connectivity index (χ2v) is 6.10. The topological polar surface area (TPSA) is 98.0 Å². The highest BCUT2D eigenvalue weighted by Crippen LogP contribution is 2.32. The minimum absolute atomic E-state index is 0.548. The molecule has 5 N–H and O–H groups in total. The van der Waals surface area contributed by atoms with Gasteiger partial charge in [-0.2, -0.15) is 10.2 Å². The Morgan fingerprint density at radius 2 is 1.52 bits per heavy atom. The lowest BCUT2D eigenvalue weighted by molar-refractivity contribution is 0.342. The molecule has 0 aliphatic carbocycles. The summed E-state index contributed by atoms with van der Waals surface area (Å²) in [6.45, 7) is 4.41. The van der Waals surface area contributed by atoms with Crippen molar-refractivity contribution in [2.45, 2.75) is 13.8 Å². The van der Waals surface area contributed by atoms with Crippen LogP contribution in [0.4, 0.5) is 34.1 Å². The number of nitrogen functional groups attached to an aromatic ring is 2. The number of azo groups is 1. The standard InChI is InChI=1S/C21H23N5O/c1-3-27-21-13-20(14(2)12-19(21)23)26-25-18-10-8-17(9-11-18)24-16-6-4-15(22)5-7-16/h4-13,24H,3,22-23H2,1-2H3. The Hall–Kier alpha value is -3.54. The van der Waals surface area contributed by atoms with Crippen molar-refractivity contribution < 1.29 is 4.74 Å². The number of hydrogen-bond donors (Lipinski definition) is 3. The molecule has 0 radical (unpaired) electrons. The minimum Gasteiger partial charge on any atom is -0.492 e. The zero-order chi connectivity index (χ0) is 19.2. The van der Waals surface area contributed by atoms with E-state index in [1.54, 1.807) is 0 Å². The van der Waals surface area contributed by atoms with Gasteiger partial charge >= 0.3 is 0 Å². The Labute approximate surface area is 158 Å². The first-order valence-electron chi connectivity index (χ1n) is 8.72. The second kappa shape index (κ2) is 8.23. The first kappa shape index (κ1) is 18.3. The summed E-state index contributed by atoms with van der Waals surface area (Å²) in [5, 5.41) is 12.0. The molecule has 27 heavy (non-hydrogen) atoms. The van der Waals surface area contributed by atoms with E-state index in [1.807, 2.05) is 74.5 Å². The quantitative estimate of drug-likeness (QED) is 0.386. The Morgan fingerprint density at radius 3 is 2.15 bits per heavy atom. The van der Waals surface area contributed by atoms with E-state index in [-0.39, 0.29) is 0 Å². The van der Waals surface area contributed by atoms with Crippen molar-refractivity contribution in [2.24, 2.45) is 10.2 Å². The van der Waals surface area contributed by atoms with Gasteiger partial charge in [0.25, 0.3) is 0 Å². The molecule has 3 rings (SSSR count). The molecule has 0 atom stereocenters. The molecule has 0 saturated carbocycles. The largest absolute Gasteiger partial charge is 0.492 e. The predicted molar refractivity (Wildman–Crippen MR) is 112 cm³/mol. The fourth-order valence-corrected chi connectivity index (χ4v) is 2.54. The summed E-state index contributed by atoms with van der Waals surface area (Å²) in [6, 6.07) is 18.9. The van der Waals surface area contributed by atoms with E-state index in [0.717, 1.165) is 34.0 Å². The molecule has 3 aromatic rings. The lowest BCUT2D eigenvalue weighted by Gasteiger charge is -2.09. The average molecular weight is 361 g/mol. The maximum Gasteiger partial charge on any atom is 0.144 e. The number of anilines is 4. The molecule has 0 amide bonds. The molecule has 0 fully saturated rings. The lowest BCUT2D eigenvalue weighted by atomic mass is 10.1. The van der Waals surface area contributed by atoms with Crippen LogP contribution in [-0.4, -0.2) is 6.61 Å². The molecule has 0 saturated heterocycles. The molecule has 0 spiro atoms. The van der Waals surface area contributed by atoms with Gasteiger partial charge < -0.3 is 21.5 Å². The van der Waals surface area contributed by atoms with Crippen LogP contribution in [0, 0.1) is 6.92 Å². The molecule has 3 aromatic carbocycles. The number of rotatable bonds is 6. The molecule has 0 aliphatic heterocycles. The minimum atomic E-state index is 0.548. The number of nitrogens with zero attached hydrogens (tertiary/aromatic N) is 2. The summed E-state index contributed by atoms with van der Waals surface area (Å²) >= 11 is 0. The van der Waals surface area contributed by atoms with Gasteiger partial charge in [-0.15, -0.1) is 0 Å². The maximum absolute atomic E-state index is 5.96. The van der Waals surface area contributed by atoms with E-state index in [2.05, 4.69) is 15.5 Å². The van der Waals surface area contributed by atoms with Gasteiger partial charge in [0.15, 0.2) is 0 Å². The van der Waals surface area contributed by atoms with Crippen molar-refractivity contribution in [3.8, 4) is 5.75 Å². The molecular formula is C21H23N5O. The van der Waals surface area contributed by atoms with Gasteiger partial charge in [0, 0.05) is 23.1 Å². The molecular weight excluding hydrogens is 338 g/mol. The van der Waals surface area contributed by atoms with E-state index in [1.165, 1.54) is 0 Å². The molecule has 0 bridgehead atoms. The summed E-state index contributed by atoms with van der Waals surface area (Å²) in [7, 11) is 0. The van der Waals surface area contributed by atoms with Crippen LogP contribution in [0.5, 0.6) is 5.75 Å². The van der Waals surface area contributed by atoms with E-state index in [4.69, 9.17) is 16.2 Å². The maximum atomic E-state index is 5.96. The highest BCUT2D eigenvalue weighted by molar-refractivity contribution is 5.64. The number of hydrogen-bond acceptors (Lipinski definition) is 6. The summed E-state index contributed by atoms with van der Waals surface area (Å²) in [6.07, 6.45) is 0. The van der Waals surface area contributed by atoms with E-state index < -0.39 is 0 Å². The number of ether oxygens (including phenoxy) is 1. The molecule has 6 nitrogen and oxygen atoms in total. The van der Waals surface area contributed by atoms with Crippen LogP contribution in [0.3, 0.4) is 0 Å². The van der Waals surface area contributed by atoms with Gasteiger partial charge in [-0.3, -0.25) is 0 Å². The number of aryl methyl sites for hydroxylation is 1. The van der Waals surface area contributed by atoms with E-state index in [0.29, 0.717) is 18.0 Å². The van der Waals surface area contributed by atoms with Crippen LogP contribution >= 0.6 is 0 Å². The summed E-state index contributed by atoms with van der Waals surface area (Å²) in [5.41, 5.74) is 17.4. The van der Waals surface area contributed by atoms with Gasteiger partial charge in [0.05, 0.1) is 23.7 Å². The molecule has 0 heterocycles. The molecule has 0 unspecified atom stereocenters. The smallest absolute Gasteiger partial charge is 0.144 e. The Morgan fingerprint density at radius 1 is 0.889 bits per heavy atom.